The summed E-state index contributed by atoms with van der Waals surface area (Å²) in [5.41, 5.74) is 7.62. The van der Waals surface area contributed by atoms with Crippen LogP contribution < -0.4 is 10.5 Å². The predicted molar refractivity (Wildman–Crippen MR) is 81.6 cm³/mol. The second-order valence-electron chi connectivity index (χ2n) is 4.68. The van der Waals surface area contributed by atoms with Crippen LogP contribution in [0.1, 0.15) is 27.0 Å². The number of carbonyl (C=O) groups is 1. The lowest BCUT2D eigenvalue weighted by atomic mass is 10.1. The summed E-state index contributed by atoms with van der Waals surface area (Å²) >= 11 is 0. The average Bonchev–Trinajstić information content (AvgIpc) is 2.46. The fourth-order valence-electron chi connectivity index (χ4n) is 1.96. The van der Waals surface area contributed by atoms with Crippen molar-refractivity contribution in [2.45, 2.75) is 6.92 Å². The molecule has 2 rings (SSSR count). The number of ether oxygens (including phenoxy) is 1. The quantitative estimate of drug-likeness (QED) is 0.875. The van der Waals surface area contributed by atoms with E-state index < -0.39 is 5.91 Å². The highest BCUT2D eigenvalue weighted by Gasteiger charge is 2.06. The topological polar surface area (TPSA) is 52.3 Å². The van der Waals surface area contributed by atoms with Crippen LogP contribution in [0.5, 0.6) is 5.75 Å². The van der Waals surface area contributed by atoms with Crippen molar-refractivity contribution in [2.75, 3.05) is 7.11 Å². The smallest absolute Gasteiger partial charge is 0.248 e. The maximum atomic E-state index is 13.8. The minimum Gasteiger partial charge on any atom is -0.496 e. The van der Waals surface area contributed by atoms with Crippen LogP contribution in [0.15, 0.2) is 36.4 Å². The van der Waals surface area contributed by atoms with Crippen molar-refractivity contribution in [1.82, 2.24) is 0 Å². The van der Waals surface area contributed by atoms with E-state index in [0.717, 1.165) is 5.56 Å². The molecule has 4 heteroatoms. The third-order valence-corrected chi connectivity index (χ3v) is 3.11. The molecule has 3 nitrogen and oxygen atoms in total. The Balaban J connectivity index is 2.39. The zero-order chi connectivity index (χ0) is 15.4. The number of rotatable bonds is 4. The Kier molecular flexibility index (Phi) is 4.38. The second kappa shape index (κ2) is 6.22. The van der Waals surface area contributed by atoms with Crippen LogP contribution in [0.25, 0.3) is 12.2 Å². The summed E-state index contributed by atoms with van der Waals surface area (Å²) in [7, 11) is 1.53. The number of primary amides is 1. The first-order valence-electron chi connectivity index (χ1n) is 6.43. The molecule has 108 valence electrons. The zero-order valence-electron chi connectivity index (χ0n) is 11.9. The van der Waals surface area contributed by atoms with Crippen LogP contribution in [-0.4, -0.2) is 13.0 Å². The monoisotopic (exact) mass is 285 g/mol. The minimum atomic E-state index is -0.520. The van der Waals surface area contributed by atoms with Gasteiger partial charge in [-0.2, -0.15) is 0 Å². The maximum Gasteiger partial charge on any atom is 0.248 e. The molecule has 0 atom stereocenters. The molecular formula is C17H16FNO2. The highest BCUT2D eigenvalue weighted by Crippen LogP contribution is 2.23. The van der Waals surface area contributed by atoms with E-state index in [-0.39, 0.29) is 5.82 Å². The summed E-state index contributed by atoms with van der Waals surface area (Å²) in [6, 6.07) is 9.86. The van der Waals surface area contributed by atoms with Gasteiger partial charge in [0.05, 0.1) is 7.11 Å². The van der Waals surface area contributed by atoms with Gasteiger partial charge in [0.15, 0.2) is 0 Å². The van der Waals surface area contributed by atoms with Gasteiger partial charge in [0, 0.05) is 16.7 Å². The van der Waals surface area contributed by atoms with Crippen molar-refractivity contribution >= 4 is 18.1 Å². The lowest BCUT2D eigenvalue weighted by Gasteiger charge is -2.06. The Hall–Kier alpha value is -2.62. The zero-order valence-corrected chi connectivity index (χ0v) is 11.9. The van der Waals surface area contributed by atoms with Gasteiger partial charge in [-0.1, -0.05) is 24.3 Å². The molecule has 0 radical (unpaired) electrons. The molecule has 0 saturated carbocycles. The van der Waals surface area contributed by atoms with Gasteiger partial charge in [-0.15, -0.1) is 0 Å². The van der Waals surface area contributed by atoms with E-state index in [1.165, 1.54) is 13.2 Å². The Labute approximate surface area is 122 Å². The number of halogens is 1. The number of aryl methyl sites for hydroxylation is 1. The third kappa shape index (κ3) is 3.48. The number of nitrogens with two attached hydrogens (primary N) is 1. The molecule has 0 heterocycles. The van der Waals surface area contributed by atoms with Crippen LogP contribution in [0.2, 0.25) is 0 Å². The molecule has 0 aliphatic carbocycles. The van der Waals surface area contributed by atoms with Crippen molar-refractivity contribution in [2.24, 2.45) is 5.73 Å². The minimum absolute atomic E-state index is 0.295. The molecule has 2 aromatic rings. The maximum absolute atomic E-state index is 13.8. The van der Waals surface area contributed by atoms with E-state index >= 15 is 0 Å². The molecule has 0 saturated heterocycles. The van der Waals surface area contributed by atoms with Crippen LogP contribution in [0.3, 0.4) is 0 Å². The van der Waals surface area contributed by atoms with E-state index in [1.807, 2.05) is 13.0 Å². The largest absolute Gasteiger partial charge is 0.496 e. The summed E-state index contributed by atoms with van der Waals surface area (Å²) in [4.78, 5) is 11.2. The summed E-state index contributed by atoms with van der Waals surface area (Å²) in [6.45, 7) is 1.83. The predicted octanol–water partition coefficient (Wildman–Crippen LogP) is 3.41. The van der Waals surface area contributed by atoms with Gasteiger partial charge in [0.1, 0.15) is 11.6 Å². The van der Waals surface area contributed by atoms with Crippen LogP contribution >= 0.6 is 0 Å². The Bertz CT molecular complexity index is 708. The van der Waals surface area contributed by atoms with E-state index in [2.05, 4.69) is 0 Å². The fraction of sp³-hybridized carbons (Fsp3) is 0.118. The molecule has 1 amide bonds. The van der Waals surface area contributed by atoms with Crippen LogP contribution in [0, 0.1) is 12.7 Å². The average molecular weight is 285 g/mol. The SMILES string of the molecule is COc1ccc(C(N)=O)cc1/C=C/c1ccc(C)cc1F. The van der Waals surface area contributed by atoms with Crippen molar-refractivity contribution in [1.29, 1.82) is 0 Å². The van der Waals surface area contributed by atoms with Crippen molar-refractivity contribution < 1.29 is 13.9 Å². The summed E-state index contributed by atoms with van der Waals surface area (Å²) in [5, 5.41) is 0. The van der Waals surface area contributed by atoms with Gasteiger partial charge in [-0.25, -0.2) is 4.39 Å². The first-order valence-corrected chi connectivity index (χ1v) is 6.43. The number of hydrogen-bond acceptors (Lipinski definition) is 2. The molecule has 2 aromatic carbocycles. The number of benzene rings is 2. The summed E-state index contributed by atoms with van der Waals surface area (Å²) in [5.74, 6) is -0.228. The molecule has 0 aliphatic rings. The Morgan fingerprint density at radius 3 is 2.48 bits per heavy atom. The highest BCUT2D eigenvalue weighted by atomic mass is 19.1. The van der Waals surface area contributed by atoms with Gasteiger partial charge < -0.3 is 10.5 Å². The van der Waals surface area contributed by atoms with Gasteiger partial charge in [-0.05, 0) is 36.8 Å². The number of amides is 1. The molecule has 0 unspecified atom stereocenters. The van der Waals surface area contributed by atoms with E-state index in [4.69, 9.17) is 10.5 Å². The number of carbonyl (C=O) groups excluding carboxylic acids is 1. The Morgan fingerprint density at radius 1 is 1.14 bits per heavy atom. The summed E-state index contributed by atoms with van der Waals surface area (Å²) in [6.07, 6.45) is 3.33. The van der Waals surface area contributed by atoms with Crippen molar-refractivity contribution in [3.05, 3.63) is 64.5 Å². The standard InChI is InChI=1S/C17H16FNO2/c1-11-3-4-12(15(18)9-11)5-6-13-10-14(17(19)20)7-8-16(13)21-2/h3-10H,1-2H3,(H2,19,20)/b6-5+. The first kappa shape index (κ1) is 14.8. The van der Waals surface area contributed by atoms with E-state index in [0.29, 0.717) is 22.4 Å². The Morgan fingerprint density at radius 2 is 1.86 bits per heavy atom. The first-order chi connectivity index (χ1) is 10.0. The molecular weight excluding hydrogens is 269 g/mol. The molecule has 2 N–H and O–H groups in total. The van der Waals surface area contributed by atoms with Crippen LogP contribution in [-0.2, 0) is 0 Å². The van der Waals surface area contributed by atoms with E-state index in [9.17, 15) is 9.18 Å². The van der Waals surface area contributed by atoms with E-state index in [1.54, 1.807) is 36.4 Å². The molecule has 0 aromatic heterocycles. The van der Waals surface area contributed by atoms with Gasteiger partial charge >= 0.3 is 0 Å². The second-order valence-corrected chi connectivity index (χ2v) is 4.68. The molecule has 0 bridgehead atoms. The van der Waals surface area contributed by atoms with Crippen molar-refractivity contribution in [3.8, 4) is 5.75 Å². The lowest BCUT2D eigenvalue weighted by Crippen LogP contribution is -2.10. The normalized spacial score (nSPS) is 10.8. The molecule has 21 heavy (non-hydrogen) atoms. The van der Waals surface area contributed by atoms with Gasteiger partial charge in [0.2, 0.25) is 5.91 Å². The number of hydrogen-bond donors (Lipinski definition) is 1. The highest BCUT2D eigenvalue weighted by molar-refractivity contribution is 5.94. The lowest BCUT2D eigenvalue weighted by molar-refractivity contribution is 0.1000. The molecule has 0 aliphatic heterocycles. The fourth-order valence-corrected chi connectivity index (χ4v) is 1.96. The molecule has 0 fully saturated rings. The van der Waals surface area contributed by atoms with Crippen molar-refractivity contribution in [3.63, 3.8) is 0 Å². The van der Waals surface area contributed by atoms with Gasteiger partial charge in [0.25, 0.3) is 0 Å². The number of methoxy groups -OCH3 is 1. The summed E-state index contributed by atoms with van der Waals surface area (Å²) < 4.78 is 19.0. The van der Waals surface area contributed by atoms with Crippen LogP contribution in [0.4, 0.5) is 4.39 Å². The van der Waals surface area contributed by atoms with Gasteiger partial charge in [-0.3, -0.25) is 4.79 Å². The third-order valence-electron chi connectivity index (χ3n) is 3.11. The molecule has 0 spiro atoms.